The molecule has 26 heavy (non-hydrogen) atoms. The van der Waals surface area contributed by atoms with E-state index in [2.05, 4.69) is 22.0 Å². The smallest absolute Gasteiger partial charge is 0.221 e. The van der Waals surface area contributed by atoms with Gasteiger partial charge in [0.15, 0.2) is 0 Å². The molecule has 0 aromatic heterocycles. The molecule has 5 nitrogen and oxygen atoms in total. The summed E-state index contributed by atoms with van der Waals surface area (Å²) >= 11 is 0. The normalized spacial score (nSPS) is 20.5. The number of ether oxygens (including phenoxy) is 1. The van der Waals surface area contributed by atoms with Crippen molar-refractivity contribution in [3.8, 4) is 0 Å². The molecule has 2 aliphatic heterocycles. The molecule has 0 bridgehead atoms. The second kappa shape index (κ2) is 7.91. The second-order valence-electron chi connectivity index (χ2n) is 6.81. The Morgan fingerprint density at radius 2 is 2.08 bits per heavy atom. The van der Waals surface area contributed by atoms with Gasteiger partial charge in [0, 0.05) is 33.6 Å². The Kier molecular flexibility index (Phi) is 5.61. The van der Waals surface area contributed by atoms with E-state index >= 15 is 0 Å². The van der Waals surface area contributed by atoms with Crippen LogP contribution in [0.3, 0.4) is 0 Å². The fourth-order valence-corrected chi connectivity index (χ4v) is 3.37. The fraction of sp³-hybridized carbons (Fsp3) is 0.450. The molecule has 0 N–H and O–H groups in total. The van der Waals surface area contributed by atoms with E-state index in [1.807, 2.05) is 13.0 Å². The van der Waals surface area contributed by atoms with Crippen molar-refractivity contribution in [1.82, 2.24) is 14.7 Å². The Bertz CT molecular complexity index is 726. The van der Waals surface area contributed by atoms with Gasteiger partial charge in [-0.15, -0.1) is 0 Å². The summed E-state index contributed by atoms with van der Waals surface area (Å²) < 4.78 is 19.2. The molecule has 0 spiro atoms. The zero-order chi connectivity index (χ0) is 18.7. The summed E-state index contributed by atoms with van der Waals surface area (Å²) in [6, 6.07) is 6.63. The summed E-state index contributed by atoms with van der Waals surface area (Å²) in [5, 5.41) is 0. The zero-order valence-electron chi connectivity index (χ0n) is 15.6. The lowest BCUT2D eigenvalue weighted by Crippen LogP contribution is -2.52. The van der Waals surface area contributed by atoms with Crippen molar-refractivity contribution in [2.75, 3.05) is 33.4 Å². The first-order valence-corrected chi connectivity index (χ1v) is 8.93. The predicted octanol–water partition coefficient (Wildman–Crippen LogP) is 2.57. The summed E-state index contributed by atoms with van der Waals surface area (Å²) in [4.78, 5) is 18.2. The van der Waals surface area contributed by atoms with Crippen LogP contribution < -0.4 is 0 Å². The highest BCUT2D eigenvalue weighted by Crippen LogP contribution is 2.28. The Morgan fingerprint density at radius 1 is 1.35 bits per heavy atom. The number of halogens is 1. The lowest BCUT2D eigenvalue weighted by atomic mass is 10.1. The number of carbonyl (C=O) groups is 1. The van der Waals surface area contributed by atoms with E-state index in [-0.39, 0.29) is 17.9 Å². The van der Waals surface area contributed by atoms with Crippen LogP contribution in [-0.2, 0) is 16.1 Å². The molecular formula is C20H26FN3O2. The van der Waals surface area contributed by atoms with E-state index in [1.165, 1.54) is 6.07 Å². The standard InChI is InChI=1S/C20H26FN3O2/c1-15-11-19(22(3)16(2)25)24(14-17-5-4-6-18(21)13-17)20(12-15)23-7-9-26-10-8-23/h4-6,11-13,19H,7-10,14H2,1-3H3. The summed E-state index contributed by atoms with van der Waals surface area (Å²) in [7, 11) is 1.80. The van der Waals surface area contributed by atoms with Gasteiger partial charge < -0.3 is 19.4 Å². The minimum absolute atomic E-state index is 0.00785. The third-order valence-corrected chi connectivity index (χ3v) is 4.85. The van der Waals surface area contributed by atoms with Gasteiger partial charge in [-0.25, -0.2) is 4.39 Å². The molecule has 1 aromatic rings. The third kappa shape index (κ3) is 4.07. The van der Waals surface area contributed by atoms with E-state index in [1.54, 1.807) is 31.0 Å². The minimum Gasteiger partial charge on any atom is -0.378 e. The van der Waals surface area contributed by atoms with Crippen molar-refractivity contribution in [2.45, 2.75) is 26.6 Å². The molecule has 3 rings (SSSR count). The second-order valence-corrected chi connectivity index (χ2v) is 6.81. The van der Waals surface area contributed by atoms with Gasteiger partial charge >= 0.3 is 0 Å². The maximum atomic E-state index is 13.7. The monoisotopic (exact) mass is 359 g/mol. The highest BCUT2D eigenvalue weighted by Gasteiger charge is 2.31. The van der Waals surface area contributed by atoms with Crippen LogP contribution in [0.2, 0.25) is 0 Å². The number of rotatable bonds is 4. The maximum Gasteiger partial charge on any atom is 0.221 e. The number of carbonyl (C=O) groups excluding carboxylic acids is 1. The zero-order valence-corrected chi connectivity index (χ0v) is 15.6. The van der Waals surface area contributed by atoms with Crippen LogP contribution in [0.5, 0.6) is 0 Å². The molecular weight excluding hydrogens is 333 g/mol. The predicted molar refractivity (Wildman–Crippen MR) is 98.4 cm³/mol. The summed E-state index contributed by atoms with van der Waals surface area (Å²) in [6.45, 7) is 7.09. The molecule has 2 aliphatic rings. The Hall–Kier alpha value is -2.34. The van der Waals surface area contributed by atoms with Crippen molar-refractivity contribution >= 4 is 5.91 Å². The molecule has 1 saturated heterocycles. The van der Waals surface area contributed by atoms with E-state index in [0.717, 1.165) is 30.0 Å². The summed E-state index contributed by atoms with van der Waals surface area (Å²) in [6.07, 6.45) is 4.00. The number of hydrogen-bond donors (Lipinski definition) is 0. The molecule has 1 amide bonds. The van der Waals surface area contributed by atoms with Crippen molar-refractivity contribution in [2.24, 2.45) is 0 Å². The largest absolute Gasteiger partial charge is 0.378 e. The third-order valence-electron chi connectivity index (χ3n) is 4.85. The highest BCUT2D eigenvalue weighted by atomic mass is 19.1. The van der Waals surface area contributed by atoms with Crippen molar-refractivity contribution in [3.63, 3.8) is 0 Å². The van der Waals surface area contributed by atoms with E-state index < -0.39 is 0 Å². The Morgan fingerprint density at radius 3 is 2.73 bits per heavy atom. The number of amides is 1. The van der Waals surface area contributed by atoms with Gasteiger partial charge in [0.2, 0.25) is 5.91 Å². The van der Waals surface area contributed by atoms with Crippen LogP contribution in [0.4, 0.5) is 4.39 Å². The number of hydrogen-bond acceptors (Lipinski definition) is 4. The van der Waals surface area contributed by atoms with Gasteiger partial charge in [-0.3, -0.25) is 4.79 Å². The first kappa shape index (κ1) is 18.5. The van der Waals surface area contributed by atoms with Gasteiger partial charge in [-0.1, -0.05) is 12.1 Å². The van der Waals surface area contributed by atoms with Crippen LogP contribution in [0.15, 0.2) is 47.8 Å². The summed E-state index contributed by atoms with van der Waals surface area (Å²) in [5.41, 5.74) is 1.99. The molecule has 1 fully saturated rings. The average molecular weight is 359 g/mol. The topological polar surface area (TPSA) is 36.0 Å². The molecule has 140 valence electrons. The Balaban J connectivity index is 1.95. The molecule has 1 aromatic carbocycles. The molecule has 1 unspecified atom stereocenters. The van der Waals surface area contributed by atoms with E-state index in [9.17, 15) is 9.18 Å². The van der Waals surface area contributed by atoms with Gasteiger partial charge in [0.05, 0.1) is 13.2 Å². The number of nitrogens with zero attached hydrogens (tertiary/aromatic N) is 3. The molecule has 2 heterocycles. The average Bonchev–Trinajstić information content (AvgIpc) is 2.63. The van der Waals surface area contributed by atoms with Crippen LogP contribution in [-0.4, -0.2) is 60.1 Å². The van der Waals surface area contributed by atoms with Crippen LogP contribution in [0.25, 0.3) is 0 Å². The minimum atomic E-state index is -0.250. The number of benzene rings is 1. The van der Waals surface area contributed by atoms with Crippen LogP contribution in [0, 0.1) is 5.82 Å². The SMILES string of the molecule is CC(=O)N(C)C1C=C(C)C=C(N2CCOCC2)N1Cc1cccc(F)c1. The van der Waals surface area contributed by atoms with Gasteiger partial charge in [0.25, 0.3) is 0 Å². The molecule has 6 heteroatoms. The highest BCUT2D eigenvalue weighted by molar-refractivity contribution is 5.73. The van der Waals surface area contributed by atoms with Gasteiger partial charge in [-0.05, 0) is 42.3 Å². The van der Waals surface area contributed by atoms with Gasteiger partial charge in [-0.2, -0.15) is 0 Å². The van der Waals surface area contributed by atoms with Crippen molar-refractivity contribution in [1.29, 1.82) is 0 Å². The van der Waals surface area contributed by atoms with Crippen molar-refractivity contribution in [3.05, 3.63) is 59.2 Å². The quantitative estimate of drug-likeness (QED) is 0.828. The lowest BCUT2D eigenvalue weighted by molar-refractivity contribution is -0.132. The maximum absolute atomic E-state index is 13.7. The first-order valence-electron chi connectivity index (χ1n) is 8.93. The van der Waals surface area contributed by atoms with Crippen LogP contribution in [0.1, 0.15) is 19.4 Å². The Labute approximate surface area is 154 Å². The molecule has 0 aliphatic carbocycles. The fourth-order valence-electron chi connectivity index (χ4n) is 3.37. The molecule has 1 atom stereocenters. The lowest BCUT2D eigenvalue weighted by Gasteiger charge is -2.45. The molecule has 0 saturated carbocycles. The van der Waals surface area contributed by atoms with Crippen molar-refractivity contribution < 1.29 is 13.9 Å². The molecule has 0 radical (unpaired) electrons. The first-order chi connectivity index (χ1) is 12.5. The number of likely N-dealkylation sites (N-methyl/N-ethyl adjacent to an activating group) is 1. The number of morpholine rings is 1. The summed E-state index contributed by atoms with van der Waals surface area (Å²) in [5.74, 6) is 0.793. The number of allylic oxidation sites excluding steroid dienone is 2. The van der Waals surface area contributed by atoms with E-state index in [0.29, 0.717) is 19.8 Å². The van der Waals surface area contributed by atoms with Gasteiger partial charge in [0.1, 0.15) is 17.8 Å². The van der Waals surface area contributed by atoms with E-state index in [4.69, 9.17) is 4.74 Å². The van der Waals surface area contributed by atoms with Crippen LogP contribution >= 0.6 is 0 Å².